The van der Waals surface area contributed by atoms with Crippen molar-refractivity contribution in [3.8, 4) is 0 Å². The Kier molecular flexibility index (Phi) is 5.81. The second kappa shape index (κ2) is 7.13. The van der Waals surface area contributed by atoms with E-state index in [-0.39, 0.29) is 6.09 Å². The summed E-state index contributed by atoms with van der Waals surface area (Å²) in [7, 11) is 0. The lowest BCUT2D eigenvalue weighted by Gasteiger charge is -2.27. The topological polar surface area (TPSA) is 29.5 Å². The summed E-state index contributed by atoms with van der Waals surface area (Å²) in [6.45, 7) is 12.7. The van der Waals surface area contributed by atoms with Gasteiger partial charge in [-0.25, -0.2) is 4.79 Å². The molecule has 0 aromatic heterocycles. The summed E-state index contributed by atoms with van der Waals surface area (Å²) >= 11 is 0. The highest BCUT2D eigenvalue weighted by Crippen LogP contribution is 2.14. The first-order valence-electron chi connectivity index (χ1n) is 7.05. The van der Waals surface area contributed by atoms with Crippen LogP contribution in [0.3, 0.4) is 0 Å². The van der Waals surface area contributed by atoms with E-state index in [1.165, 1.54) is 0 Å². The predicted molar refractivity (Wildman–Crippen MR) is 83.5 cm³/mol. The van der Waals surface area contributed by atoms with Gasteiger partial charge in [-0.1, -0.05) is 43.8 Å². The van der Waals surface area contributed by atoms with Gasteiger partial charge in [-0.3, -0.25) is 0 Å². The lowest BCUT2D eigenvalue weighted by molar-refractivity contribution is 0.0233. The molecule has 0 heterocycles. The van der Waals surface area contributed by atoms with Gasteiger partial charge in [0.05, 0.1) is 0 Å². The van der Waals surface area contributed by atoms with Crippen molar-refractivity contribution in [3.05, 3.63) is 42.0 Å². The third kappa shape index (κ3) is 5.47. The van der Waals surface area contributed by atoms with Gasteiger partial charge in [-0.2, -0.15) is 0 Å². The standard InChI is InChI=1S/C17H25NO2/c1-6-12-18(16(19)20-17(3,4)5)13-15-10-8-14(7-2)9-11-15/h7-11H,2,6,12-13H2,1,3-5H3. The maximum Gasteiger partial charge on any atom is 0.410 e. The van der Waals surface area contributed by atoms with E-state index in [1.807, 2.05) is 51.1 Å². The van der Waals surface area contributed by atoms with Crippen LogP contribution in [-0.2, 0) is 11.3 Å². The number of amides is 1. The van der Waals surface area contributed by atoms with Crippen molar-refractivity contribution in [3.63, 3.8) is 0 Å². The molecule has 0 unspecified atom stereocenters. The molecule has 20 heavy (non-hydrogen) atoms. The number of ether oxygens (including phenoxy) is 1. The number of benzene rings is 1. The number of carbonyl (C=O) groups excluding carboxylic acids is 1. The second-order valence-corrected chi connectivity index (χ2v) is 5.85. The van der Waals surface area contributed by atoms with E-state index in [0.29, 0.717) is 13.1 Å². The minimum Gasteiger partial charge on any atom is -0.444 e. The highest BCUT2D eigenvalue weighted by atomic mass is 16.6. The van der Waals surface area contributed by atoms with Gasteiger partial charge in [0.1, 0.15) is 5.60 Å². The molecule has 3 heteroatoms. The third-order valence-electron chi connectivity index (χ3n) is 2.73. The van der Waals surface area contributed by atoms with Crippen molar-refractivity contribution in [1.82, 2.24) is 4.90 Å². The lowest BCUT2D eigenvalue weighted by atomic mass is 10.1. The van der Waals surface area contributed by atoms with Crippen LogP contribution in [0.1, 0.15) is 45.2 Å². The van der Waals surface area contributed by atoms with Gasteiger partial charge in [0, 0.05) is 13.1 Å². The van der Waals surface area contributed by atoms with E-state index in [1.54, 1.807) is 4.90 Å². The van der Waals surface area contributed by atoms with Crippen molar-refractivity contribution >= 4 is 12.2 Å². The van der Waals surface area contributed by atoms with E-state index < -0.39 is 5.60 Å². The highest BCUT2D eigenvalue weighted by molar-refractivity contribution is 5.68. The Morgan fingerprint density at radius 1 is 1.30 bits per heavy atom. The van der Waals surface area contributed by atoms with Crippen LogP contribution in [0.5, 0.6) is 0 Å². The zero-order valence-corrected chi connectivity index (χ0v) is 13.0. The SMILES string of the molecule is C=Cc1ccc(CN(CCC)C(=O)OC(C)(C)C)cc1. The maximum atomic E-state index is 12.2. The molecule has 0 radical (unpaired) electrons. The van der Waals surface area contributed by atoms with Gasteiger partial charge in [0.15, 0.2) is 0 Å². The molecule has 0 aliphatic carbocycles. The van der Waals surface area contributed by atoms with E-state index in [2.05, 4.69) is 13.5 Å². The van der Waals surface area contributed by atoms with Gasteiger partial charge in [0.25, 0.3) is 0 Å². The van der Waals surface area contributed by atoms with Crippen LogP contribution >= 0.6 is 0 Å². The lowest BCUT2D eigenvalue weighted by Crippen LogP contribution is -2.36. The fourth-order valence-corrected chi connectivity index (χ4v) is 1.81. The van der Waals surface area contributed by atoms with Crippen LogP contribution in [0.25, 0.3) is 6.08 Å². The molecule has 0 aliphatic rings. The summed E-state index contributed by atoms with van der Waals surface area (Å²) in [5.41, 5.74) is 1.71. The molecule has 1 aromatic carbocycles. The molecule has 0 atom stereocenters. The van der Waals surface area contributed by atoms with E-state index in [9.17, 15) is 4.79 Å². The van der Waals surface area contributed by atoms with Crippen LogP contribution in [-0.4, -0.2) is 23.1 Å². The van der Waals surface area contributed by atoms with E-state index >= 15 is 0 Å². The average Bonchev–Trinajstić information content (AvgIpc) is 2.37. The average molecular weight is 275 g/mol. The molecule has 1 rings (SSSR count). The largest absolute Gasteiger partial charge is 0.444 e. The smallest absolute Gasteiger partial charge is 0.410 e. The van der Waals surface area contributed by atoms with Crippen LogP contribution in [0.4, 0.5) is 4.79 Å². The van der Waals surface area contributed by atoms with Crippen molar-refractivity contribution < 1.29 is 9.53 Å². The number of rotatable bonds is 5. The van der Waals surface area contributed by atoms with E-state index in [0.717, 1.165) is 17.5 Å². The zero-order valence-electron chi connectivity index (χ0n) is 13.0. The summed E-state index contributed by atoms with van der Waals surface area (Å²) in [5, 5.41) is 0. The molecule has 3 nitrogen and oxygen atoms in total. The molecular weight excluding hydrogens is 250 g/mol. The number of carbonyl (C=O) groups is 1. The van der Waals surface area contributed by atoms with Crippen molar-refractivity contribution in [2.24, 2.45) is 0 Å². The van der Waals surface area contributed by atoms with Crippen molar-refractivity contribution in [2.45, 2.75) is 46.3 Å². The summed E-state index contributed by atoms with van der Waals surface area (Å²) < 4.78 is 5.44. The minimum absolute atomic E-state index is 0.257. The predicted octanol–water partition coefficient (Wildman–Crippen LogP) is 4.48. The molecule has 0 fully saturated rings. The first-order valence-corrected chi connectivity index (χ1v) is 7.05. The first-order chi connectivity index (χ1) is 9.35. The fourth-order valence-electron chi connectivity index (χ4n) is 1.81. The Labute approximate surface area is 122 Å². The number of nitrogens with zero attached hydrogens (tertiary/aromatic N) is 1. The molecule has 0 aliphatic heterocycles. The molecule has 1 aromatic rings. The first kappa shape index (κ1) is 16.3. The van der Waals surface area contributed by atoms with Gasteiger partial charge in [-0.15, -0.1) is 0 Å². The van der Waals surface area contributed by atoms with Crippen LogP contribution in [0.2, 0.25) is 0 Å². The monoisotopic (exact) mass is 275 g/mol. The molecule has 0 N–H and O–H groups in total. The van der Waals surface area contributed by atoms with Gasteiger partial charge >= 0.3 is 6.09 Å². The summed E-state index contributed by atoms with van der Waals surface area (Å²) in [5.74, 6) is 0. The minimum atomic E-state index is -0.463. The fraction of sp³-hybridized carbons (Fsp3) is 0.471. The Hall–Kier alpha value is -1.77. The molecular formula is C17H25NO2. The number of hydrogen-bond acceptors (Lipinski definition) is 2. The Morgan fingerprint density at radius 2 is 1.90 bits per heavy atom. The highest BCUT2D eigenvalue weighted by Gasteiger charge is 2.21. The Balaban J connectivity index is 2.75. The summed E-state index contributed by atoms with van der Waals surface area (Å²) in [4.78, 5) is 13.9. The molecule has 0 saturated carbocycles. The summed E-state index contributed by atoms with van der Waals surface area (Å²) in [6.07, 6.45) is 2.46. The van der Waals surface area contributed by atoms with Crippen LogP contribution in [0.15, 0.2) is 30.8 Å². The quantitative estimate of drug-likeness (QED) is 0.793. The second-order valence-electron chi connectivity index (χ2n) is 5.85. The molecule has 0 spiro atoms. The Bertz CT molecular complexity index is 443. The van der Waals surface area contributed by atoms with Gasteiger partial charge < -0.3 is 9.64 Å². The third-order valence-corrected chi connectivity index (χ3v) is 2.73. The Morgan fingerprint density at radius 3 is 2.35 bits per heavy atom. The van der Waals surface area contributed by atoms with Crippen molar-refractivity contribution in [2.75, 3.05) is 6.54 Å². The molecule has 1 amide bonds. The van der Waals surface area contributed by atoms with Gasteiger partial charge in [-0.05, 0) is 38.3 Å². The van der Waals surface area contributed by atoms with E-state index in [4.69, 9.17) is 4.74 Å². The molecule has 0 saturated heterocycles. The number of hydrogen-bond donors (Lipinski definition) is 0. The zero-order chi connectivity index (χ0) is 15.2. The van der Waals surface area contributed by atoms with Crippen LogP contribution < -0.4 is 0 Å². The molecule has 110 valence electrons. The van der Waals surface area contributed by atoms with Gasteiger partial charge in [0.2, 0.25) is 0 Å². The molecule has 0 bridgehead atoms. The van der Waals surface area contributed by atoms with Crippen molar-refractivity contribution in [1.29, 1.82) is 0 Å². The summed E-state index contributed by atoms with van der Waals surface area (Å²) in [6, 6.07) is 8.04. The van der Waals surface area contributed by atoms with Crippen LogP contribution in [0, 0.1) is 0 Å². The normalized spacial score (nSPS) is 11.0. The maximum absolute atomic E-state index is 12.2.